The van der Waals surface area contributed by atoms with E-state index in [0.29, 0.717) is 12.1 Å². The van der Waals surface area contributed by atoms with Gasteiger partial charge in [-0.1, -0.05) is 6.07 Å². The Bertz CT molecular complexity index is 1510. The van der Waals surface area contributed by atoms with E-state index in [-0.39, 0.29) is 17.5 Å². The Balaban J connectivity index is 1.37. The molecule has 1 amide bonds. The second-order valence-corrected chi connectivity index (χ2v) is 9.53. The van der Waals surface area contributed by atoms with E-state index >= 15 is 0 Å². The first-order valence-corrected chi connectivity index (χ1v) is 11.8. The van der Waals surface area contributed by atoms with Crippen LogP contribution in [0.25, 0.3) is 27.8 Å². The van der Waals surface area contributed by atoms with Crippen LogP contribution in [0.5, 0.6) is 0 Å². The molecule has 0 bridgehead atoms. The second kappa shape index (κ2) is 9.29. The summed E-state index contributed by atoms with van der Waals surface area (Å²) in [7, 11) is 1.88. The van der Waals surface area contributed by atoms with E-state index in [1.54, 1.807) is 21.6 Å². The van der Waals surface area contributed by atoms with Crippen molar-refractivity contribution in [1.29, 1.82) is 5.26 Å². The molecule has 0 spiro atoms. The molecule has 4 aromatic heterocycles. The number of carbonyl (C=O) groups excluding carboxylic acids is 1. The molecule has 9 nitrogen and oxygen atoms in total. The first-order chi connectivity index (χ1) is 17.4. The van der Waals surface area contributed by atoms with E-state index in [4.69, 9.17) is 11.4 Å². The number of pyridine rings is 2. The molecule has 2 unspecified atom stereocenters. The fourth-order valence-electron chi connectivity index (χ4n) is 4.75. The molecule has 1 aliphatic rings. The highest BCUT2D eigenvalue weighted by Crippen LogP contribution is 2.32. The SMILES string of the molecule is C#CC(=O)NC1(C)CCC(Cc2ccc(-c3cc(-c4cnn(C)c4)cn4ncc(C#N)c34)cn2)NC1. The van der Waals surface area contributed by atoms with Crippen LogP contribution in [0.15, 0.2) is 49.2 Å². The van der Waals surface area contributed by atoms with Gasteiger partial charge in [-0.15, -0.1) is 6.42 Å². The average molecular weight is 479 g/mol. The molecule has 1 aliphatic heterocycles. The minimum absolute atomic E-state index is 0.264. The molecule has 0 saturated carbocycles. The Morgan fingerprint density at radius 1 is 1.25 bits per heavy atom. The third-order valence-electron chi connectivity index (χ3n) is 6.73. The van der Waals surface area contributed by atoms with Gasteiger partial charge in [0.15, 0.2) is 0 Å². The lowest BCUT2D eigenvalue weighted by Crippen LogP contribution is -2.58. The molecular formula is C27H26N8O. The molecule has 36 heavy (non-hydrogen) atoms. The van der Waals surface area contributed by atoms with Gasteiger partial charge in [-0.05, 0) is 37.8 Å². The fraction of sp³-hybridized carbons (Fsp3) is 0.296. The summed E-state index contributed by atoms with van der Waals surface area (Å²) in [6.45, 7) is 2.66. The predicted molar refractivity (Wildman–Crippen MR) is 135 cm³/mol. The molecule has 4 aromatic rings. The van der Waals surface area contributed by atoms with Crippen molar-refractivity contribution in [2.24, 2.45) is 7.05 Å². The van der Waals surface area contributed by atoms with Gasteiger partial charge < -0.3 is 10.6 Å². The molecule has 5 heterocycles. The summed E-state index contributed by atoms with van der Waals surface area (Å²) < 4.78 is 3.50. The molecular weight excluding hydrogens is 452 g/mol. The minimum Gasteiger partial charge on any atom is -0.339 e. The summed E-state index contributed by atoms with van der Waals surface area (Å²) in [5.74, 6) is 1.74. The third-order valence-corrected chi connectivity index (χ3v) is 6.73. The highest BCUT2D eigenvalue weighted by molar-refractivity contribution is 5.93. The van der Waals surface area contributed by atoms with Crippen LogP contribution in [0.1, 0.15) is 31.0 Å². The first-order valence-electron chi connectivity index (χ1n) is 11.8. The largest absolute Gasteiger partial charge is 0.339 e. The molecule has 1 fully saturated rings. The number of amides is 1. The summed E-state index contributed by atoms with van der Waals surface area (Å²) in [5, 5.41) is 24.7. The lowest BCUT2D eigenvalue weighted by molar-refractivity contribution is -0.117. The van der Waals surface area contributed by atoms with Crippen LogP contribution in [-0.2, 0) is 18.3 Å². The van der Waals surface area contributed by atoms with Crippen LogP contribution in [0.2, 0.25) is 0 Å². The second-order valence-electron chi connectivity index (χ2n) is 9.53. The van der Waals surface area contributed by atoms with Gasteiger partial charge in [0.25, 0.3) is 5.91 Å². The smallest absolute Gasteiger partial charge is 0.296 e. The maximum atomic E-state index is 11.6. The predicted octanol–water partition coefficient (Wildman–Crippen LogP) is 2.47. The van der Waals surface area contributed by atoms with Crippen molar-refractivity contribution in [2.45, 2.75) is 37.8 Å². The van der Waals surface area contributed by atoms with Gasteiger partial charge in [0.05, 0.1) is 29.0 Å². The van der Waals surface area contributed by atoms with Crippen molar-refractivity contribution in [1.82, 2.24) is 35.0 Å². The Morgan fingerprint density at radius 2 is 2.11 bits per heavy atom. The fourth-order valence-corrected chi connectivity index (χ4v) is 4.75. The van der Waals surface area contributed by atoms with Crippen LogP contribution < -0.4 is 10.6 Å². The molecule has 5 rings (SSSR count). The number of aryl methyl sites for hydroxylation is 1. The number of hydrogen-bond donors (Lipinski definition) is 2. The summed E-state index contributed by atoms with van der Waals surface area (Å²) in [5.41, 5.74) is 5.61. The van der Waals surface area contributed by atoms with E-state index in [0.717, 1.165) is 52.7 Å². The molecule has 2 N–H and O–H groups in total. The standard InChI is InChI=1S/C27H26N8O/c1-4-25(36)33-27(2)8-7-23(30-17-27)10-22-6-5-18(12-29-22)24-9-19(21-14-31-34(3)15-21)16-35-26(24)20(11-28)13-32-35/h1,5-6,9,12-16,23,30H,7-8,10,17H2,2-3H3,(H,33,36). The number of nitrogens with one attached hydrogen (secondary N) is 2. The summed E-state index contributed by atoms with van der Waals surface area (Å²) >= 11 is 0. The summed E-state index contributed by atoms with van der Waals surface area (Å²) in [4.78, 5) is 16.3. The van der Waals surface area contributed by atoms with Gasteiger partial charge in [-0.25, -0.2) is 4.52 Å². The van der Waals surface area contributed by atoms with Crippen molar-refractivity contribution in [3.63, 3.8) is 0 Å². The Kier molecular flexibility index (Phi) is 6.01. The van der Waals surface area contributed by atoms with Gasteiger partial charge in [-0.3, -0.25) is 14.5 Å². The van der Waals surface area contributed by atoms with Crippen LogP contribution >= 0.6 is 0 Å². The number of rotatable bonds is 5. The monoisotopic (exact) mass is 478 g/mol. The highest BCUT2D eigenvalue weighted by atomic mass is 16.1. The molecule has 0 aromatic carbocycles. The van der Waals surface area contributed by atoms with Crippen LogP contribution in [0, 0.1) is 23.7 Å². The van der Waals surface area contributed by atoms with Crippen molar-refractivity contribution in [3.05, 3.63) is 60.4 Å². The molecule has 180 valence electrons. The summed E-state index contributed by atoms with van der Waals surface area (Å²) in [6.07, 6.45) is 16.8. The number of fused-ring (bicyclic) bond motifs is 1. The zero-order valence-corrected chi connectivity index (χ0v) is 20.2. The van der Waals surface area contributed by atoms with E-state index in [1.165, 1.54) is 0 Å². The van der Waals surface area contributed by atoms with E-state index in [1.807, 2.05) is 44.7 Å². The molecule has 0 aliphatic carbocycles. The van der Waals surface area contributed by atoms with E-state index in [2.05, 4.69) is 38.9 Å². The quantitative estimate of drug-likeness (QED) is 0.426. The van der Waals surface area contributed by atoms with Crippen LogP contribution in [0.3, 0.4) is 0 Å². The number of terminal acetylenes is 1. The number of hydrogen-bond acceptors (Lipinski definition) is 6. The average Bonchev–Trinajstić information content (AvgIpc) is 3.51. The lowest BCUT2D eigenvalue weighted by atomic mass is 9.87. The maximum absolute atomic E-state index is 11.6. The molecule has 1 saturated heterocycles. The van der Waals surface area contributed by atoms with Gasteiger partial charge in [-0.2, -0.15) is 15.5 Å². The van der Waals surface area contributed by atoms with Gasteiger partial charge in [0.2, 0.25) is 0 Å². The molecule has 2 atom stereocenters. The normalized spacial score (nSPS) is 19.5. The number of aromatic nitrogens is 5. The zero-order valence-electron chi connectivity index (χ0n) is 20.2. The number of carbonyl (C=O) groups is 1. The Labute approximate surface area is 209 Å². The maximum Gasteiger partial charge on any atom is 0.296 e. The van der Waals surface area contributed by atoms with E-state index in [9.17, 15) is 10.1 Å². The highest BCUT2D eigenvalue weighted by Gasteiger charge is 2.32. The van der Waals surface area contributed by atoms with Crippen molar-refractivity contribution >= 4 is 11.4 Å². The number of nitrogens with zero attached hydrogens (tertiary/aromatic N) is 6. The summed E-state index contributed by atoms with van der Waals surface area (Å²) in [6, 6.07) is 8.63. The van der Waals surface area contributed by atoms with Crippen LogP contribution in [0.4, 0.5) is 0 Å². The Morgan fingerprint density at radius 3 is 2.75 bits per heavy atom. The lowest BCUT2D eigenvalue weighted by Gasteiger charge is -2.38. The number of nitriles is 1. The Hall–Kier alpha value is -4.47. The van der Waals surface area contributed by atoms with Gasteiger partial charge >= 0.3 is 0 Å². The van der Waals surface area contributed by atoms with Gasteiger partial charge in [0, 0.05) is 72.6 Å². The van der Waals surface area contributed by atoms with Crippen molar-refractivity contribution in [3.8, 4) is 40.7 Å². The first kappa shape index (κ1) is 23.3. The third kappa shape index (κ3) is 4.57. The number of piperidine rings is 1. The molecule has 0 radical (unpaired) electrons. The van der Waals surface area contributed by atoms with Crippen molar-refractivity contribution in [2.75, 3.05) is 6.54 Å². The topological polar surface area (TPSA) is 113 Å². The molecule has 9 heteroatoms. The zero-order chi connectivity index (χ0) is 25.3. The van der Waals surface area contributed by atoms with Gasteiger partial charge in [0.1, 0.15) is 6.07 Å². The van der Waals surface area contributed by atoms with Crippen molar-refractivity contribution < 1.29 is 4.79 Å². The van der Waals surface area contributed by atoms with Crippen LogP contribution in [-0.4, -0.2) is 48.4 Å². The van der Waals surface area contributed by atoms with E-state index < -0.39 is 0 Å². The minimum atomic E-state index is -0.380.